The minimum Gasteiger partial charge on any atom is -0.464 e. The second kappa shape index (κ2) is 7.72. The molecule has 0 heterocycles. The van der Waals surface area contributed by atoms with Gasteiger partial charge in [0.25, 0.3) is 0 Å². The molecule has 0 radical (unpaired) electrons. The molecule has 0 aromatic rings. The lowest BCUT2D eigenvalue weighted by Gasteiger charge is -2.04. The predicted molar refractivity (Wildman–Crippen MR) is 61.3 cm³/mol. The van der Waals surface area contributed by atoms with Crippen molar-refractivity contribution in [3.63, 3.8) is 0 Å². The molecule has 88 valence electrons. The molecule has 0 rings (SSSR count). The highest BCUT2D eigenvalue weighted by molar-refractivity contribution is 8.00. The Balaban J connectivity index is 3.43. The molecule has 0 unspecified atom stereocenters. The minimum absolute atomic E-state index is 0.0561. The fourth-order valence-corrected chi connectivity index (χ4v) is 1.65. The zero-order chi connectivity index (χ0) is 11.7. The Morgan fingerprint density at radius 1 is 1.60 bits per heavy atom. The number of hydrogen-bond acceptors (Lipinski definition) is 5. The van der Waals surface area contributed by atoms with Crippen LogP contribution in [0.1, 0.15) is 0 Å². The van der Waals surface area contributed by atoms with Crippen LogP contribution in [0, 0.1) is 0 Å². The predicted octanol–water partition coefficient (Wildman–Crippen LogP) is -0.00200. The Morgan fingerprint density at radius 3 is 2.80 bits per heavy atom. The normalized spacial score (nSPS) is 11.0. The Morgan fingerprint density at radius 2 is 2.27 bits per heavy atom. The summed E-state index contributed by atoms with van der Waals surface area (Å²) < 4.78 is 28.2. The Bertz CT molecular complexity index is 300. The van der Waals surface area contributed by atoms with Gasteiger partial charge in [0.1, 0.15) is 6.61 Å². The van der Waals surface area contributed by atoms with Crippen LogP contribution in [0.25, 0.3) is 0 Å². The third-order valence-corrected chi connectivity index (χ3v) is 2.82. The van der Waals surface area contributed by atoms with Gasteiger partial charge in [-0.05, 0) is 0 Å². The molecule has 0 aliphatic carbocycles. The minimum atomic E-state index is -3.20. The number of esters is 1. The fourth-order valence-electron chi connectivity index (χ4n) is 0.659. The quantitative estimate of drug-likeness (QED) is 0.374. The first-order valence-corrected chi connectivity index (χ1v) is 7.29. The van der Waals surface area contributed by atoms with Crippen molar-refractivity contribution in [1.29, 1.82) is 0 Å². The second-order valence-corrected chi connectivity index (χ2v) is 5.55. The van der Waals surface area contributed by atoms with Gasteiger partial charge >= 0.3 is 5.97 Å². The number of rotatable bonds is 8. The highest BCUT2D eigenvalue weighted by Gasteiger charge is 2.03. The van der Waals surface area contributed by atoms with E-state index in [0.717, 1.165) is 6.26 Å². The molecule has 0 aliphatic heterocycles. The molecule has 0 saturated carbocycles. The maximum atomic E-state index is 11.0. The van der Waals surface area contributed by atoms with E-state index in [1.807, 2.05) is 0 Å². The van der Waals surface area contributed by atoms with E-state index in [9.17, 15) is 13.2 Å². The van der Waals surface area contributed by atoms with Crippen molar-refractivity contribution in [3.05, 3.63) is 12.7 Å². The van der Waals surface area contributed by atoms with Gasteiger partial charge in [-0.3, -0.25) is 4.79 Å². The van der Waals surface area contributed by atoms with Crippen LogP contribution in [0.15, 0.2) is 12.7 Å². The summed E-state index contributed by atoms with van der Waals surface area (Å²) in [6.45, 7) is 3.67. The number of thioether (sulfide) groups is 1. The van der Waals surface area contributed by atoms with Gasteiger partial charge in [-0.1, -0.05) is 6.08 Å². The summed E-state index contributed by atoms with van der Waals surface area (Å²) >= 11 is 1.39. The van der Waals surface area contributed by atoms with Crippen molar-refractivity contribution < 1.29 is 17.9 Å². The van der Waals surface area contributed by atoms with Crippen LogP contribution < -0.4 is 4.72 Å². The highest BCUT2D eigenvalue weighted by Crippen LogP contribution is 1.99. The summed E-state index contributed by atoms with van der Waals surface area (Å²) in [5.74, 6) is 0.596. The van der Waals surface area contributed by atoms with Crippen molar-refractivity contribution in [2.75, 3.05) is 30.9 Å². The number of sulfonamides is 1. The zero-order valence-electron chi connectivity index (χ0n) is 8.56. The van der Waals surface area contributed by atoms with Gasteiger partial charge in [0, 0.05) is 12.3 Å². The van der Waals surface area contributed by atoms with Crippen LogP contribution in [0.3, 0.4) is 0 Å². The number of carbonyl (C=O) groups excluding carboxylic acids is 1. The maximum absolute atomic E-state index is 11.0. The van der Waals surface area contributed by atoms with Crippen LogP contribution in [-0.2, 0) is 19.6 Å². The van der Waals surface area contributed by atoms with Crippen molar-refractivity contribution in [3.8, 4) is 0 Å². The molecule has 0 amide bonds. The SMILES string of the molecule is C=CCSCC(=O)OCCNS(C)(=O)=O. The van der Waals surface area contributed by atoms with E-state index in [0.29, 0.717) is 5.75 Å². The number of nitrogens with one attached hydrogen (secondary N) is 1. The Kier molecular flexibility index (Phi) is 7.45. The topological polar surface area (TPSA) is 72.5 Å². The Hall–Kier alpha value is -0.530. The lowest BCUT2D eigenvalue weighted by Crippen LogP contribution is -2.27. The van der Waals surface area contributed by atoms with Gasteiger partial charge in [0.05, 0.1) is 12.0 Å². The van der Waals surface area contributed by atoms with Crippen LogP contribution in [0.2, 0.25) is 0 Å². The average Bonchev–Trinajstić information content (AvgIpc) is 2.11. The second-order valence-electron chi connectivity index (χ2n) is 2.69. The van der Waals surface area contributed by atoms with Crippen molar-refractivity contribution in [2.24, 2.45) is 0 Å². The number of carbonyl (C=O) groups is 1. The van der Waals surface area contributed by atoms with Crippen molar-refractivity contribution in [1.82, 2.24) is 4.72 Å². The molecular formula is C8H15NO4S2. The molecule has 0 aliphatic rings. The molecule has 0 saturated heterocycles. The molecule has 0 spiro atoms. The first-order chi connectivity index (χ1) is 6.95. The fraction of sp³-hybridized carbons (Fsp3) is 0.625. The summed E-state index contributed by atoms with van der Waals surface area (Å²) in [4.78, 5) is 11.0. The van der Waals surface area contributed by atoms with E-state index in [1.165, 1.54) is 11.8 Å². The van der Waals surface area contributed by atoms with Crippen LogP contribution >= 0.6 is 11.8 Å². The Labute approximate surface area is 94.3 Å². The standard InChI is InChI=1S/C8H15NO4S2/c1-3-6-14-7-8(10)13-5-4-9-15(2,11)12/h3,9H,1,4-7H2,2H3. The van der Waals surface area contributed by atoms with Crippen molar-refractivity contribution >= 4 is 27.8 Å². The summed E-state index contributed by atoms with van der Waals surface area (Å²) in [5.41, 5.74) is 0. The first kappa shape index (κ1) is 14.5. The molecule has 0 atom stereocenters. The van der Waals surface area contributed by atoms with E-state index >= 15 is 0 Å². The molecular weight excluding hydrogens is 238 g/mol. The molecule has 5 nitrogen and oxygen atoms in total. The van der Waals surface area contributed by atoms with Gasteiger partial charge in [-0.15, -0.1) is 18.3 Å². The highest BCUT2D eigenvalue weighted by atomic mass is 32.2. The molecule has 1 N–H and O–H groups in total. The van der Waals surface area contributed by atoms with Crippen LogP contribution in [-0.4, -0.2) is 45.3 Å². The lowest BCUT2D eigenvalue weighted by molar-refractivity contribution is -0.140. The van der Waals surface area contributed by atoms with Crippen LogP contribution in [0.4, 0.5) is 0 Å². The van der Waals surface area contributed by atoms with Gasteiger partial charge in [0.2, 0.25) is 10.0 Å². The van der Waals surface area contributed by atoms with Crippen molar-refractivity contribution in [2.45, 2.75) is 0 Å². The van der Waals surface area contributed by atoms with E-state index < -0.39 is 10.0 Å². The van der Waals surface area contributed by atoms with E-state index in [1.54, 1.807) is 6.08 Å². The molecule has 0 bridgehead atoms. The summed E-state index contributed by atoms with van der Waals surface area (Å²) in [6, 6.07) is 0. The van der Waals surface area contributed by atoms with E-state index in [4.69, 9.17) is 4.74 Å². The zero-order valence-corrected chi connectivity index (χ0v) is 10.2. The lowest BCUT2D eigenvalue weighted by atomic mass is 10.7. The summed E-state index contributed by atoms with van der Waals surface area (Å²) in [7, 11) is -3.20. The van der Waals surface area contributed by atoms with Gasteiger partial charge in [-0.25, -0.2) is 13.1 Å². The smallest absolute Gasteiger partial charge is 0.315 e. The van der Waals surface area contributed by atoms with Gasteiger partial charge in [-0.2, -0.15) is 0 Å². The summed E-state index contributed by atoms with van der Waals surface area (Å²) in [6.07, 6.45) is 2.75. The molecule has 0 fully saturated rings. The molecule has 15 heavy (non-hydrogen) atoms. The average molecular weight is 253 g/mol. The molecule has 7 heteroatoms. The molecule has 0 aromatic carbocycles. The van der Waals surface area contributed by atoms with Gasteiger partial charge < -0.3 is 4.74 Å². The monoisotopic (exact) mass is 253 g/mol. The summed E-state index contributed by atoms with van der Waals surface area (Å²) in [5, 5.41) is 0. The largest absolute Gasteiger partial charge is 0.464 e. The number of ether oxygens (including phenoxy) is 1. The van der Waals surface area contributed by atoms with Crippen LogP contribution in [0.5, 0.6) is 0 Å². The third-order valence-electron chi connectivity index (χ3n) is 1.18. The first-order valence-electron chi connectivity index (χ1n) is 4.24. The third kappa shape index (κ3) is 11.4. The van der Waals surface area contributed by atoms with E-state index in [2.05, 4.69) is 11.3 Å². The van der Waals surface area contributed by atoms with Gasteiger partial charge in [0.15, 0.2) is 0 Å². The number of hydrogen-bond donors (Lipinski definition) is 1. The van der Waals surface area contributed by atoms with E-state index in [-0.39, 0.29) is 24.9 Å². The maximum Gasteiger partial charge on any atom is 0.315 e. The molecule has 0 aromatic heterocycles.